The SMILES string of the molecule is COCCNC(=S)NN=Cc1ccc(-c2ncn(-c3ccc(OC(F)(F)F)cc3)n2)cc1. The fourth-order valence-electron chi connectivity index (χ4n) is 2.51. The number of alkyl halides is 3. The van der Waals surface area contributed by atoms with Gasteiger partial charge in [0.25, 0.3) is 0 Å². The third kappa shape index (κ3) is 7.03. The van der Waals surface area contributed by atoms with Gasteiger partial charge in [-0.3, -0.25) is 5.43 Å². The van der Waals surface area contributed by atoms with E-state index in [2.05, 4.69) is 30.7 Å². The molecule has 3 rings (SSSR count). The Kier molecular flexibility index (Phi) is 7.73. The molecule has 3 aromatic rings. The summed E-state index contributed by atoms with van der Waals surface area (Å²) in [4.78, 5) is 4.25. The standard InChI is InChI=1S/C20H19F3N6O2S/c1-30-11-10-24-19(32)27-26-12-14-2-4-15(5-3-14)18-25-13-29(28-18)16-6-8-17(9-7-16)31-20(21,22)23/h2-9,12-13H,10-11H2,1H3,(H2,24,27,32). The van der Waals surface area contributed by atoms with Crippen LogP contribution in [0.15, 0.2) is 60.0 Å². The van der Waals surface area contributed by atoms with Crippen molar-refractivity contribution in [1.82, 2.24) is 25.5 Å². The minimum Gasteiger partial charge on any atom is -0.406 e. The van der Waals surface area contributed by atoms with Crippen LogP contribution in [-0.4, -0.2) is 52.7 Å². The quantitative estimate of drug-likeness (QED) is 0.229. The Hall–Kier alpha value is -3.51. The molecule has 0 fully saturated rings. The van der Waals surface area contributed by atoms with Gasteiger partial charge in [0.2, 0.25) is 0 Å². The molecule has 8 nitrogen and oxygen atoms in total. The molecule has 0 bridgehead atoms. The van der Waals surface area contributed by atoms with Gasteiger partial charge in [0.15, 0.2) is 10.9 Å². The van der Waals surface area contributed by atoms with Crippen LogP contribution in [0.2, 0.25) is 0 Å². The van der Waals surface area contributed by atoms with Crippen LogP contribution in [0, 0.1) is 0 Å². The summed E-state index contributed by atoms with van der Waals surface area (Å²) in [5.74, 6) is 0.158. The number of hydrogen-bond donors (Lipinski definition) is 2. The molecule has 1 aromatic heterocycles. The molecule has 0 aliphatic carbocycles. The first-order valence-electron chi connectivity index (χ1n) is 9.28. The number of hydrazone groups is 1. The van der Waals surface area contributed by atoms with E-state index in [0.29, 0.717) is 29.8 Å². The zero-order valence-corrected chi connectivity index (χ0v) is 17.7. The van der Waals surface area contributed by atoms with Crippen molar-refractivity contribution in [2.75, 3.05) is 20.3 Å². The Bertz CT molecular complexity index is 1050. The predicted molar refractivity (Wildman–Crippen MR) is 117 cm³/mol. The van der Waals surface area contributed by atoms with Crippen molar-refractivity contribution in [3.63, 3.8) is 0 Å². The Balaban J connectivity index is 1.59. The average Bonchev–Trinajstić information content (AvgIpc) is 3.24. The highest BCUT2D eigenvalue weighted by molar-refractivity contribution is 7.80. The summed E-state index contributed by atoms with van der Waals surface area (Å²) >= 11 is 5.07. The lowest BCUT2D eigenvalue weighted by Gasteiger charge is -2.09. The summed E-state index contributed by atoms with van der Waals surface area (Å²) in [6.07, 6.45) is -1.64. The number of rotatable bonds is 8. The first-order valence-corrected chi connectivity index (χ1v) is 9.69. The molecule has 0 aliphatic rings. The molecule has 2 aromatic carbocycles. The van der Waals surface area contributed by atoms with Crippen molar-refractivity contribution < 1.29 is 22.6 Å². The summed E-state index contributed by atoms with van der Waals surface area (Å²) in [6.45, 7) is 1.12. The smallest absolute Gasteiger partial charge is 0.406 e. The van der Waals surface area contributed by atoms with Gasteiger partial charge in [-0.25, -0.2) is 9.67 Å². The molecule has 12 heteroatoms. The first-order chi connectivity index (χ1) is 15.3. The second-order valence-corrected chi connectivity index (χ2v) is 6.70. The van der Waals surface area contributed by atoms with Gasteiger partial charge in [-0.2, -0.15) is 5.10 Å². The van der Waals surface area contributed by atoms with E-state index in [1.54, 1.807) is 13.3 Å². The Labute approximate surface area is 187 Å². The van der Waals surface area contributed by atoms with Crippen LogP contribution in [0.5, 0.6) is 5.75 Å². The maximum absolute atomic E-state index is 12.3. The number of halogens is 3. The molecule has 0 spiro atoms. The van der Waals surface area contributed by atoms with Gasteiger partial charge in [0.1, 0.15) is 12.1 Å². The number of hydrogen-bond acceptors (Lipinski definition) is 6. The topological polar surface area (TPSA) is 85.6 Å². The van der Waals surface area contributed by atoms with Crippen molar-refractivity contribution in [1.29, 1.82) is 0 Å². The van der Waals surface area contributed by atoms with Gasteiger partial charge >= 0.3 is 6.36 Å². The van der Waals surface area contributed by atoms with E-state index in [0.717, 1.165) is 11.1 Å². The number of thiocarbonyl (C=S) groups is 1. The van der Waals surface area contributed by atoms with Crippen LogP contribution in [-0.2, 0) is 4.74 Å². The average molecular weight is 464 g/mol. The van der Waals surface area contributed by atoms with Crippen LogP contribution in [0.4, 0.5) is 13.2 Å². The lowest BCUT2D eigenvalue weighted by molar-refractivity contribution is -0.274. The van der Waals surface area contributed by atoms with Crippen molar-refractivity contribution >= 4 is 23.5 Å². The van der Waals surface area contributed by atoms with Crippen molar-refractivity contribution in [2.45, 2.75) is 6.36 Å². The second-order valence-electron chi connectivity index (χ2n) is 6.30. The van der Waals surface area contributed by atoms with E-state index >= 15 is 0 Å². The summed E-state index contributed by atoms with van der Waals surface area (Å²) in [5.41, 5.74) is 4.85. The highest BCUT2D eigenvalue weighted by atomic mass is 32.1. The molecule has 1 heterocycles. The summed E-state index contributed by atoms with van der Waals surface area (Å²) in [5, 5.41) is 11.8. The van der Waals surface area contributed by atoms with E-state index < -0.39 is 6.36 Å². The minimum absolute atomic E-state index is 0.306. The van der Waals surface area contributed by atoms with Gasteiger partial charge in [-0.05, 0) is 42.0 Å². The van der Waals surface area contributed by atoms with E-state index in [1.807, 2.05) is 24.3 Å². The second kappa shape index (κ2) is 10.7. The molecule has 0 atom stereocenters. The molecular formula is C20H19F3N6O2S. The van der Waals surface area contributed by atoms with Crippen LogP contribution >= 0.6 is 12.2 Å². The lowest BCUT2D eigenvalue weighted by atomic mass is 10.1. The first kappa shape index (κ1) is 23.2. The zero-order valence-electron chi connectivity index (χ0n) is 16.8. The minimum atomic E-state index is -4.73. The third-order valence-electron chi connectivity index (χ3n) is 3.97. The predicted octanol–water partition coefficient (Wildman–Crippen LogP) is 3.28. The van der Waals surface area contributed by atoms with Gasteiger partial charge in [0, 0.05) is 19.2 Å². The molecule has 0 saturated carbocycles. The summed E-state index contributed by atoms with van der Waals surface area (Å²) in [7, 11) is 1.61. The van der Waals surface area contributed by atoms with Gasteiger partial charge in [-0.1, -0.05) is 24.3 Å². The van der Waals surface area contributed by atoms with Crippen molar-refractivity contribution in [2.24, 2.45) is 5.10 Å². The molecule has 168 valence electrons. The maximum atomic E-state index is 12.3. The largest absolute Gasteiger partial charge is 0.573 e. The van der Waals surface area contributed by atoms with Crippen molar-refractivity contribution in [3.05, 3.63) is 60.4 Å². The molecule has 0 saturated heterocycles. The van der Waals surface area contributed by atoms with Gasteiger partial charge in [0.05, 0.1) is 18.5 Å². The van der Waals surface area contributed by atoms with Crippen LogP contribution < -0.4 is 15.5 Å². The summed E-state index contributed by atoms with van der Waals surface area (Å²) in [6, 6.07) is 12.7. The van der Waals surface area contributed by atoms with Crippen LogP contribution in [0.1, 0.15) is 5.56 Å². The normalized spacial score (nSPS) is 11.5. The number of ether oxygens (including phenoxy) is 2. The van der Waals surface area contributed by atoms with Crippen LogP contribution in [0.3, 0.4) is 0 Å². The number of aromatic nitrogens is 3. The van der Waals surface area contributed by atoms with Crippen molar-refractivity contribution in [3.8, 4) is 22.8 Å². The fourth-order valence-corrected chi connectivity index (χ4v) is 2.66. The van der Waals surface area contributed by atoms with Gasteiger partial charge < -0.3 is 14.8 Å². The Morgan fingerprint density at radius 1 is 1.16 bits per heavy atom. The highest BCUT2D eigenvalue weighted by Gasteiger charge is 2.31. The van der Waals surface area contributed by atoms with Gasteiger partial charge in [-0.15, -0.1) is 18.3 Å². The number of methoxy groups -OCH3 is 1. The third-order valence-corrected chi connectivity index (χ3v) is 4.20. The Morgan fingerprint density at radius 3 is 2.53 bits per heavy atom. The highest BCUT2D eigenvalue weighted by Crippen LogP contribution is 2.24. The molecule has 32 heavy (non-hydrogen) atoms. The molecule has 0 aliphatic heterocycles. The maximum Gasteiger partial charge on any atom is 0.573 e. The molecular weight excluding hydrogens is 445 g/mol. The Morgan fingerprint density at radius 2 is 1.88 bits per heavy atom. The summed E-state index contributed by atoms with van der Waals surface area (Å²) < 4.78 is 47.1. The number of nitrogens with zero attached hydrogens (tertiary/aromatic N) is 4. The lowest BCUT2D eigenvalue weighted by Crippen LogP contribution is -2.34. The van der Waals surface area contributed by atoms with E-state index in [1.165, 1.54) is 35.3 Å². The molecule has 0 unspecified atom stereocenters. The molecule has 2 N–H and O–H groups in total. The van der Waals surface area contributed by atoms with E-state index in [4.69, 9.17) is 17.0 Å². The fraction of sp³-hybridized carbons (Fsp3) is 0.200. The molecule has 0 radical (unpaired) electrons. The number of benzene rings is 2. The van der Waals surface area contributed by atoms with E-state index in [9.17, 15) is 13.2 Å². The monoisotopic (exact) mass is 464 g/mol. The number of nitrogens with one attached hydrogen (secondary N) is 2. The molecule has 0 amide bonds. The van der Waals surface area contributed by atoms with E-state index in [-0.39, 0.29) is 5.75 Å². The van der Waals surface area contributed by atoms with Crippen LogP contribution in [0.25, 0.3) is 17.1 Å². The zero-order chi connectivity index (χ0) is 23.0.